The molecule has 0 rings (SSSR count). The van der Waals surface area contributed by atoms with Crippen LogP contribution in [0.25, 0.3) is 0 Å². The van der Waals surface area contributed by atoms with Gasteiger partial charge in [-0.05, 0) is 26.2 Å². The first kappa shape index (κ1) is 15.4. The van der Waals surface area contributed by atoms with E-state index in [0.717, 1.165) is 44.9 Å². The smallest absolute Gasteiger partial charge is 0.305 e. The van der Waals surface area contributed by atoms with E-state index >= 15 is 0 Å². The van der Waals surface area contributed by atoms with Gasteiger partial charge in [0.05, 0.1) is 12.7 Å². The number of aliphatic hydroxyl groups excluding tert-OH is 1. The maximum absolute atomic E-state index is 11.2. The summed E-state index contributed by atoms with van der Waals surface area (Å²) < 4.78 is 5.05. The lowest BCUT2D eigenvalue weighted by Gasteiger charge is -2.05. The average Bonchev–Trinajstić information content (AvgIpc) is 2.23. The van der Waals surface area contributed by atoms with Crippen molar-refractivity contribution >= 4 is 5.97 Å². The van der Waals surface area contributed by atoms with Crippen LogP contribution in [0.15, 0.2) is 0 Å². The molecule has 0 aromatic rings. The minimum atomic E-state index is -0.195. The molecular weight excluding hydrogens is 204 g/mol. The number of hydrogen-bond acceptors (Lipinski definition) is 3. The summed E-state index contributed by atoms with van der Waals surface area (Å²) in [7, 11) is 0. The van der Waals surface area contributed by atoms with Crippen molar-refractivity contribution in [2.24, 2.45) is 0 Å². The molecule has 0 bridgehead atoms. The fraction of sp³-hybridized carbons (Fsp3) is 0.923. The number of hydrogen-bond donors (Lipinski definition) is 1. The van der Waals surface area contributed by atoms with Gasteiger partial charge in [-0.1, -0.05) is 32.6 Å². The number of rotatable bonds is 10. The van der Waals surface area contributed by atoms with Crippen molar-refractivity contribution in [2.75, 3.05) is 6.61 Å². The molecule has 0 aromatic heterocycles. The summed E-state index contributed by atoms with van der Waals surface area (Å²) in [4.78, 5) is 11.2. The molecule has 0 unspecified atom stereocenters. The first-order valence-electron chi connectivity index (χ1n) is 6.50. The summed E-state index contributed by atoms with van der Waals surface area (Å²) in [5, 5.41) is 9.04. The molecule has 0 aliphatic heterocycles. The summed E-state index contributed by atoms with van der Waals surface area (Å²) in [5.74, 6) is -0.0658. The molecule has 1 atom stereocenters. The van der Waals surface area contributed by atoms with Gasteiger partial charge in [0.25, 0.3) is 0 Å². The predicted molar refractivity (Wildman–Crippen MR) is 65.2 cm³/mol. The Labute approximate surface area is 99.2 Å². The van der Waals surface area contributed by atoms with Crippen molar-refractivity contribution in [2.45, 2.75) is 71.3 Å². The third-order valence-electron chi connectivity index (χ3n) is 2.51. The van der Waals surface area contributed by atoms with Gasteiger partial charge >= 0.3 is 5.97 Å². The maximum Gasteiger partial charge on any atom is 0.305 e. The van der Waals surface area contributed by atoms with Gasteiger partial charge in [0, 0.05) is 6.42 Å². The second-order valence-corrected chi connectivity index (χ2v) is 4.38. The highest BCUT2D eigenvalue weighted by molar-refractivity contribution is 5.69. The van der Waals surface area contributed by atoms with Gasteiger partial charge in [0.1, 0.15) is 0 Å². The van der Waals surface area contributed by atoms with Gasteiger partial charge in [-0.3, -0.25) is 4.79 Å². The number of aliphatic hydroxyl groups is 1. The Hall–Kier alpha value is -0.570. The van der Waals surface area contributed by atoms with E-state index in [1.165, 1.54) is 0 Å². The molecule has 0 heterocycles. The van der Waals surface area contributed by atoms with Crippen LogP contribution >= 0.6 is 0 Å². The van der Waals surface area contributed by atoms with Crippen LogP contribution in [0.2, 0.25) is 0 Å². The highest BCUT2D eigenvalue weighted by atomic mass is 16.5. The molecule has 0 fully saturated rings. The lowest BCUT2D eigenvalue weighted by atomic mass is 10.1. The van der Waals surface area contributed by atoms with Crippen molar-refractivity contribution in [3.63, 3.8) is 0 Å². The van der Waals surface area contributed by atoms with Gasteiger partial charge in [-0.25, -0.2) is 0 Å². The number of carbonyl (C=O) groups excluding carboxylic acids is 1. The minimum absolute atomic E-state index is 0.0658. The monoisotopic (exact) mass is 230 g/mol. The molecular formula is C13H26O3. The van der Waals surface area contributed by atoms with E-state index in [1.807, 2.05) is 6.92 Å². The summed E-state index contributed by atoms with van der Waals surface area (Å²) >= 11 is 0. The van der Waals surface area contributed by atoms with Crippen molar-refractivity contribution in [1.82, 2.24) is 0 Å². The van der Waals surface area contributed by atoms with Gasteiger partial charge in [0.2, 0.25) is 0 Å². The molecule has 0 radical (unpaired) electrons. The number of esters is 1. The minimum Gasteiger partial charge on any atom is -0.466 e. The molecule has 3 heteroatoms. The number of carbonyl (C=O) groups is 1. The first-order chi connectivity index (χ1) is 7.66. The SMILES string of the molecule is CCCCOC(=O)CCCCCC[C@H](C)O. The van der Waals surface area contributed by atoms with Crippen LogP contribution in [0.1, 0.15) is 65.2 Å². The fourth-order valence-corrected chi connectivity index (χ4v) is 1.47. The van der Waals surface area contributed by atoms with E-state index in [9.17, 15) is 4.79 Å². The molecule has 0 saturated carbocycles. The molecule has 0 amide bonds. The summed E-state index contributed by atoms with van der Waals surface area (Å²) in [6.07, 6.45) is 7.32. The summed E-state index contributed by atoms with van der Waals surface area (Å²) in [6.45, 7) is 4.46. The normalized spacial score (nSPS) is 12.4. The highest BCUT2D eigenvalue weighted by Gasteiger charge is 2.02. The molecule has 0 saturated heterocycles. The zero-order valence-electron chi connectivity index (χ0n) is 10.7. The van der Waals surface area contributed by atoms with E-state index in [1.54, 1.807) is 0 Å². The van der Waals surface area contributed by atoms with Crippen LogP contribution in [-0.2, 0) is 9.53 Å². The van der Waals surface area contributed by atoms with Crippen LogP contribution in [-0.4, -0.2) is 23.8 Å². The Balaban J connectivity index is 3.15. The lowest BCUT2D eigenvalue weighted by Crippen LogP contribution is -2.05. The van der Waals surface area contributed by atoms with Crippen LogP contribution in [0.5, 0.6) is 0 Å². The van der Waals surface area contributed by atoms with E-state index in [4.69, 9.17) is 9.84 Å². The van der Waals surface area contributed by atoms with Crippen LogP contribution in [0, 0.1) is 0 Å². The highest BCUT2D eigenvalue weighted by Crippen LogP contribution is 2.07. The van der Waals surface area contributed by atoms with Crippen molar-refractivity contribution in [1.29, 1.82) is 0 Å². The van der Waals surface area contributed by atoms with Crippen molar-refractivity contribution in [3.8, 4) is 0 Å². The Morgan fingerprint density at radius 3 is 2.50 bits per heavy atom. The Morgan fingerprint density at radius 2 is 1.88 bits per heavy atom. The molecule has 0 aromatic carbocycles. The Morgan fingerprint density at radius 1 is 1.19 bits per heavy atom. The summed E-state index contributed by atoms with van der Waals surface area (Å²) in [5.41, 5.74) is 0. The Kier molecular flexibility index (Phi) is 10.5. The molecule has 1 N–H and O–H groups in total. The average molecular weight is 230 g/mol. The number of ether oxygens (including phenoxy) is 1. The molecule has 16 heavy (non-hydrogen) atoms. The third kappa shape index (κ3) is 11.5. The fourth-order valence-electron chi connectivity index (χ4n) is 1.47. The quantitative estimate of drug-likeness (QED) is 0.463. The third-order valence-corrected chi connectivity index (χ3v) is 2.51. The largest absolute Gasteiger partial charge is 0.466 e. The second-order valence-electron chi connectivity index (χ2n) is 4.38. The molecule has 0 spiro atoms. The molecule has 96 valence electrons. The molecule has 0 aliphatic rings. The standard InChI is InChI=1S/C13H26O3/c1-3-4-11-16-13(15)10-8-6-5-7-9-12(2)14/h12,14H,3-11H2,1-2H3/t12-/m0/s1. The van der Waals surface area contributed by atoms with E-state index in [0.29, 0.717) is 13.0 Å². The van der Waals surface area contributed by atoms with Gasteiger partial charge in [-0.15, -0.1) is 0 Å². The molecule has 0 aliphatic carbocycles. The van der Waals surface area contributed by atoms with E-state index in [2.05, 4.69) is 6.92 Å². The van der Waals surface area contributed by atoms with E-state index in [-0.39, 0.29) is 12.1 Å². The van der Waals surface area contributed by atoms with Gasteiger partial charge < -0.3 is 9.84 Å². The molecule has 3 nitrogen and oxygen atoms in total. The van der Waals surface area contributed by atoms with Crippen molar-refractivity contribution < 1.29 is 14.6 Å². The number of unbranched alkanes of at least 4 members (excludes halogenated alkanes) is 4. The van der Waals surface area contributed by atoms with Crippen LogP contribution in [0.3, 0.4) is 0 Å². The maximum atomic E-state index is 11.2. The predicted octanol–water partition coefficient (Wildman–Crippen LogP) is 3.05. The van der Waals surface area contributed by atoms with Crippen LogP contribution in [0.4, 0.5) is 0 Å². The van der Waals surface area contributed by atoms with Crippen molar-refractivity contribution in [3.05, 3.63) is 0 Å². The van der Waals surface area contributed by atoms with Gasteiger partial charge in [0.15, 0.2) is 0 Å². The van der Waals surface area contributed by atoms with Gasteiger partial charge in [-0.2, -0.15) is 0 Å². The zero-order chi connectivity index (χ0) is 12.2. The Bertz CT molecular complexity index is 167. The zero-order valence-corrected chi connectivity index (χ0v) is 10.7. The van der Waals surface area contributed by atoms with E-state index < -0.39 is 0 Å². The second kappa shape index (κ2) is 10.9. The summed E-state index contributed by atoms with van der Waals surface area (Å²) in [6, 6.07) is 0. The lowest BCUT2D eigenvalue weighted by molar-refractivity contribution is -0.143. The van der Waals surface area contributed by atoms with Crippen LogP contribution < -0.4 is 0 Å². The first-order valence-corrected chi connectivity index (χ1v) is 6.50. The topological polar surface area (TPSA) is 46.5 Å².